The van der Waals surface area contributed by atoms with Gasteiger partial charge in [0.2, 0.25) is 0 Å². The Kier molecular flexibility index (Phi) is 4.00. The van der Waals surface area contributed by atoms with Crippen LogP contribution in [-0.2, 0) is 0 Å². The van der Waals surface area contributed by atoms with Crippen LogP contribution >= 0.6 is 0 Å². The number of carbonyl (C=O) groups excluding carboxylic acids is 1. The predicted octanol–water partition coefficient (Wildman–Crippen LogP) is 2.90. The second kappa shape index (κ2) is 5.51. The Morgan fingerprint density at radius 3 is 2.56 bits per heavy atom. The van der Waals surface area contributed by atoms with Gasteiger partial charge in [0.15, 0.2) is 0 Å². The normalized spacial score (nSPS) is 17.2. The highest BCUT2D eigenvalue weighted by Gasteiger charge is 2.25. The molecule has 2 heterocycles. The van der Waals surface area contributed by atoms with Crippen molar-refractivity contribution in [3.8, 4) is 0 Å². The third-order valence-electron chi connectivity index (χ3n) is 3.88. The summed E-state index contributed by atoms with van der Waals surface area (Å²) < 4.78 is 0. The number of hydrogen-bond donors (Lipinski definition) is 0. The average Bonchev–Trinajstić information content (AvgIpc) is 2.38. The zero-order valence-corrected chi connectivity index (χ0v) is 11.5. The zero-order valence-electron chi connectivity index (χ0n) is 11.5. The van der Waals surface area contributed by atoms with E-state index in [1.165, 1.54) is 0 Å². The third kappa shape index (κ3) is 2.89. The molecular weight excluding hydrogens is 224 g/mol. The van der Waals surface area contributed by atoms with Crippen LogP contribution in [0.1, 0.15) is 42.9 Å². The molecule has 3 nitrogen and oxygen atoms in total. The second-order valence-electron chi connectivity index (χ2n) is 5.54. The Morgan fingerprint density at radius 2 is 2.00 bits per heavy atom. The van der Waals surface area contributed by atoms with E-state index in [1.54, 1.807) is 0 Å². The molecule has 3 heteroatoms. The molecule has 1 saturated heterocycles. The topological polar surface area (TPSA) is 33.2 Å². The van der Waals surface area contributed by atoms with Crippen LogP contribution in [0.3, 0.4) is 0 Å². The van der Waals surface area contributed by atoms with Gasteiger partial charge >= 0.3 is 0 Å². The maximum absolute atomic E-state index is 12.3. The Labute approximate surface area is 109 Å². The number of carbonyl (C=O) groups is 1. The fourth-order valence-electron chi connectivity index (χ4n) is 2.59. The number of aryl methyl sites for hydroxylation is 1. The predicted molar refractivity (Wildman–Crippen MR) is 72.4 cm³/mol. The van der Waals surface area contributed by atoms with E-state index in [2.05, 4.69) is 18.8 Å². The van der Waals surface area contributed by atoms with Gasteiger partial charge in [0.05, 0.1) is 0 Å². The highest BCUT2D eigenvalue weighted by atomic mass is 16.2. The molecular formula is C15H22N2O. The van der Waals surface area contributed by atoms with Crippen molar-refractivity contribution in [3.63, 3.8) is 0 Å². The Bertz CT molecular complexity index is 420. The molecule has 0 spiro atoms. The summed E-state index contributed by atoms with van der Waals surface area (Å²) in [6.07, 6.45) is 2.24. The molecule has 2 rings (SSSR count). The molecule has 0 bridgehead atoms. The van der Waals surface area contributed by atoms with E-state index in [0.29, 0.717) is 5.69 Å². The number of hydrogen-bond acceptors (Lipinski definition) is 2. The van der Waals surface area contributed by atoms with Gasteiger partial charge < -0.3 is 4.90 Å². The van der Waals surface area contributed by atoms with Gasteiger partial charge in [-0.3, -0.25) is 4.79 Å². The maximum Gasteiger partial charge on any atom is 0.272 e. The van der Waals surface area contributed by atoms with Gasteiger partial charge in [-0.15, -0.1) is 0 Å². The Hall–Kier alpha value is -1.38. The minimum Gasteiger partial charge on any atom is -0.337 e. The van der Waals surface area contributed by atoms with Crippen LogP contribution in [-0.4, -0.2) is 28.9 Å². The number of amides is 1. The summed E-state index contributed by atoms with van der Waals surface area (Å²) in [5, 5.41) is 0. The lowest BCUT2D eigenvalue weighted by Crippen LogP contribution is -2.39. The van der Waals surface area contributed by atoms with Crippen LogP contribution in [0.2, 0.25) is 0 Å². The first-order chi connectivity index (χ1) is 8.58. The molecule has 1 aliphatic heterocycles. The highest BCUT2D eigenvalue weighted by molar-refractivity contribution is 5.92. The van der Waals surface area contributed by atoms with Crippen LogP contribution in [0.15, 0.2) is 18.2 Å². The molecule has 1 aromatic rings. The van der Waals surface area contributed by atoms with Crippen molar-refractivity contribution in [2.45, 2.75) is 33.6 Å². The van der Waals surface area contributed by atoms with E-state index in [1.807, 2.05) is 30.0 Å². The van der Waals surface area contributed by atoms with Crippen LogP contribution in [0.5, 0.6) is 0 Å². The second-order valence-corrected chi connectivity index (χ2v) is 5.54. The zero-order chi connectivity index (χ0) is 13.1. The molecule has 0 saturated carbocycles. The van der Waals surface area contributed by atoms with Crippen molar-refractivity contribution < 1.29 is 4.79 Å². The van der Waals surface area contributed by atoms with Gasteiger partial charge in [-0.1, -0.05) is 19.9 Å². The minimum atomic E-state index is 0.0842. The van der Waals surface area contributed by atoms with Gasteiger partial charge in [-0.25, -0.2) is 4.98 Å². The van der Waals surface area contributed by atoms with Gasteiger partial charge in [-0.05, 0) is 43.7 Å². The number of rotatable bonds is 2. The first-order valence-electron chi connectivity index (χ1n) is 6.81. The Balaban J connectivity index is 1.99. The largest absolute Gasteiger partial charge is 0.337 e. The van der Waals surface area contributed by atoms with Crippen molar-refractivity contribution in [3.05, 3.63) is 29.6 Å². The van der Waals surface area contributed by atoms with Crippen molar-refractivity contribution in [1.29, 1.82) is 0 Å². The van der Waals surface area contributed by atoms with Crippen LogP contribution in [0, 0.1) is 18.8 Å². The van der Waals surface area contributed by atoms with Crippen LogP contribution in [0.4, 0.5) is 0 Å². The summed E-state index contributed by atoms with van der Waals surface area (Å²) >= 11 is 0. The molecule has 0 radical (unpaired) electrons. The first kappa shape index (κ1) is 13.1. The number of pyridine rings is 1. The molecule has 0 aliphatic carbocycles. The van der Waals surface area contributed by atoms with Crippen molar-refractivity contribution in [1.82, 2.24) is 9.88 Å². The molecule has 0 N–H and O–H groups in total. The fraction of sp³-hybridized carbons (Fsp3) is 0.600. The van der Waals surface area contributed by atoms with E-state index < -0.39 is 0 Å². The van der Waals surface area contributed by atoms with E-state index in [0.717, 1.165) is 43.5 Å². The van der Waals surface area contributed by atoms with E-state index in [9.17, 15) is 4.79 Å². The summed E-state index contributed by atoms with van der Waals surface area (Å²) in [4.78, 5) is 18.5. The van der Waals surface area contributed by atoms with Crippen molar-refractivity contribution in [2.24, 2.45) is 11.8 Å². The molecule has 1 aliphatic rings. The lowest BCUT2D eigenvalue weighted by molar-refractivity contribution is 0.0661. The molecule has 0 unspecified atom stereocenters. The first-order valence-corrected chi connectivity index (χ1v) is 6.81. The fourth-order valence-corrected chi connectivity index (χ4v) is 2.59. The van der Waals surface area contributed by atoms with Gasteiger partial charge in [0.1, 0.15) is 5.69 Å². The number of likely N-dealkylation sites (tertiary alicyclic amines) is 1. The number of aromatic nitrogens is 1. The van der Waals surface area contributed by atoms with Crippen LogP contribution < -0.4 is 0 Å². The van der Waals surface area contributed by atoms with Gasteiger partial charge in [-0.2, -0.15) is 0 Å². The smallest absolute Gasteiger partial charge is 0.272 e. The van der Waals surface area contributed by atoms with E-state index >= 15 is 0 Å². The maximum atomic E-state index is 12.3. The van der Waals surface area contributed by atoms with Crippen LogP contribution in [0.25, 0.3) is 0 Å². The van der Waals surface area contributed by atoms with Gasteiger partial charge in [0.25, 0.3) is 5.91 Å². The highest BCUT2D eigenvalue weighted by Crippen LogP contribution is 2.25. The summed E-state index contributed by atoms with van der Waals surface area (Å²) in [6, 6.07) is 5.63. The number of piperidine rings is 1. The Morgan fingerprint density at radius 1 is 1.33 bits per heavy atom. The third-order valence-corrected chi connectivity index (χ3v) is 3.88. The number of nitrogens with zero attached hydrogens (tertiary/aromatic N) is 2. The summed E-state index contributed by atoms with van der Waals surface area (Å²) in [5.41, 5.74) is 1.48. The molecule has 1 amide bonds. The molecule has 0 aromatic carbocycles. The van der Waals surface area contributed by atoms with E-state index in [4.69, 9.17) is 0 Å². The molecule has 98 valence electrons. The van der Waals surface area contributed by atoms with Crippen molar-refractivity contribution in [2.75, 3.05) is 13.1 Å². The quantitative estimate of drug-likeness (QED) is 0.804. The lowest BCUT2D eigenvalue weighted by atomic mass is 9.86. The molecule has 1 fully saturated rings. The molecule has 18 heavy (non-hydrogen) atoms. The average molecular weight is 246 g/mol. The standard InChI is InChI=1S/C15H22N2O/c1-11(2)13-7-9-17(10-8-13)15(18)14-6-4-5-12(3)16-14/h4-6,11,13H,7-10H2,1-3H3. The molecule has 1 aromatic heterocycles. The van der Waals surface area contributed by atoms with E-state index in [-0.39, 0.29) is 5.91 Å². The minimum absolute atomic E-state index is 0.0842. The summed E-state index contributed by atoms with van der Waals surface area (Å²) in [5.74, 6) is 1.57. The monoisotopic (exact) mass is 246 g/mol. The van der Waals surface area contributed by atoms with Gasteiger partial charge in [0, 0.05) is 18.8 Å². The summed E-state index contributed by atoms with van der Waals surface area (Å²) in [6.45, 7) is 8.20. The summed E-state index contributed by atoms with van der Waals surface area (Å²) in [7, 11) is 0. The molecule has 0 atom stereocenters. The SMILES string of the molecule is Cc1cccc(C(=O)N2CCC(C(C)C)CC2)n1. The lowest BCUT2D eigenvalue weighted by Gasteiger charge is -2.33. The van der Waals surface area contributed by atoms with Crippen molar-refractivity contribution >= 4 is 5.91 Å².